The molecule has 0 aliphatic rings. The molecular weight excluding hydrogens is 296 g/mol. The molecule has 0 saturated heterocycles. The third-order valence-electron chi connectivity index (χ3n) is 3.34. The van der Waals surface area contributed by atoms with E-state index in [0.29, 0.717) is 24.5 Å². The number of ketones is 1. The number of aliphatic carboxylic acids is 1. The van der Waals surface area contributed by atoms with E-state index in [4.69, 9.17) is 14.6 Å². The Hall–Kier alpha value is -2.82. The smallest absolute Gasteiger partial charge is 0.372 e. The van der Waals surface area contributed by atoms with E-state index in [1.54, 1.807) is 25.3 Å². The summed E-state index contributed by atoms with van der Waals surface area (Å²) in [5, 5.41) is 8.61. The van der Waals surface area contributed by atoms with Crippen molar-refractivity contribution in [3.63, 3.8) is 0 Å². The SMILES string of the molecule is COc1ccc(CCC(=O)C(=O)O)cc1OCc1ccccc1. The van der Waals surface area contributed by atoms with Gasteiger partial charge in [-0.3, -0.25) is 4.79 Å². The minimum Gasteiger partial charge on any atom is -0.493 e. The van der Waals surface area contributed by atoms with E-state index >= 15 is 0 Å². The molecule has 0 aliphatic heterocycles. The zero-order valence-corrected chi connectivity index (χ0v) is 12.8. The molecule has 120 valence electrons. The Morgan fingerprint density at radius 3 is 2.39 bits per heavy atom. The lowest BCUT2D eigenvalue weighted by molar-refractivity contribution is -0.149. The number of carboxylic acid groups (broad SMARTS) is 1. The van der Waals surface area contributed by atoms with E-state index in [2.05, 4.69) is 0 Å². The third kappa shape index (κ3) is 4.85. The van der Waals surface area contributed by atoms with Gasteiger partial charge in [0.1, 0.15) is 6.61 Å². The highest BCUT2D eigenvalue weighted by molar-refractivity contribution is 6.32. The molecule has 0 fully saturated rings. The first-order chi connectivity index (χ1) is 11.1. The van der Waals surface area contributed by atoms with Gasteiger partial charge >= 0.3 is 5.97 Å². The fourth-order valence-electron chi connectivity index (χ4n) is 2.09. The number of methoxy groups -OCH3 is 1. The molecule has 0 unspecified atom stereocenters. The summed E-state index contributed by atoms with van der Waals surface area (Å²) in [5.41, 5.74) is 1.85. The van der Waals surface area contributed by atoms with Crippen molar-refractivity contribution < 1.29 is 24.2 Å². The van der Waals surface area contributed by atoms with Gasteiger partial charge < -0.3 is 14.6 Å². The number of hydrogen-bond donors (Lipinski definition) is 1. The van der Waals surface area contributed by atoms with Crippen LogP contribution in [0.2, 0.25) is 0 Å². The van der Waals surface area contributed by atoms with Crippen molar-refractivity contribution in [1.82, 2.24) is 0 Å². The summed E-state index contributed by atoms with van der Waals surface area (Å²) in [6.07, 6.45) is 0.302. The summed E-state index contributed by atoms with van der Waals surface area (Å²) in [7, 11) is 1.55. The van der Waals surface area contributed by atoms with Gasteiger partial charge in [-0.25, -0.2) is 4.79 Å². The van der Waals surface area contributed by atoms with E-state index in [-0.39, 0.29) is 6.42 Å². The standard InChI is InChI=1S/C18H18O5/c1-22-16-10-8-13(7-9-15(19)18(20)21)11-17(16)23-12-14-5-3-2-4-6-14/h2-6,8,10-11H,7,9,12H2,1H3,(H,20,21). The maximum atomic E-state index is 11.2. The van der Waals surface area contributed by atoms with Crippen LogP contribution in [0.1, 0.15) is 17.5 Å². The minimum atomic E-state index is -1.40. The second kappa shape index (κ2) is 7.98. The van der Waals surface area contributed by atoms with E-state index in [1.165, 1.54) is 0 Å². The number of hydrogen-bond acceptors (Lipinski definition) is 4. The molecule has 0 aliphatic carbocycles. The Bertz CT molecular complexity index is 679. The molecule has 0 radical (unpaired) electrons. The van der Waals surface area contributed by atoms with Gasteiger partial charge in [-0.05, 0) is 29.7 Å². The number of carboxylic acids is 1. The van der Waals surface area contributed by atoms with Crippen LogP contribution < -0.4 is 9.47 Å². The number of rotatable bonds is 8. The molecule has 0 aromatic heterocycles. The van der Waals surface area contributed by atoms with E-state index in [0.717, 1.165) is 11.1 Å². The lowest BCUT2D eigenvalue weighted by Gasteiger charge is -2.12. The van der Waals surface area contributed by atoms with Crippen LogP contribution in [0.5, 0.6) is 11.5 Å². The highest BCUT2D eigenvalue weighted by atomic mass is 16.5. The molecule has 2 aromatic rings. The maximum absolute atomic E-state index is 11.2. The number of aryl methyl sites for hydroxylation is 1. The van der Waals surface area contributed by atoms with Crippen LogP contribution >= 0.6 is 0 Å². The third-order valence-corrected chi connectivity index (χ3v) is 3.34. The maximum Gasteiger partial charge on any atom is 0.372 e. The Morgan fingerprint density at radius 2 is 1.74 bits per heavy atom. The van der Waals surface area contributed by atoms with E-state index in [1.807, 2.05) is 30.3 Å². The molecule has 5 heteroatoms. The largest absolute Gasteiger partial charge is 0.493 e. The van der Waals surface area contributed by atoms with Crippen LogP contribution in [0, 0.1) is 0 Å². The van der Waals surface area contributed by atoms with Crippen molar-refractivity contribution in [2.75, 3.05) is 7.11 Å². The molecular formula is C18H18O5. The zero-order valence-electron chi connectivity index (χ0n) is 12.8. The molecule has 0 spiro atoms. The Morgan fingerprint density at radius 1 is 1.00 bits per heavy atom. The minimum absolute atomic E-state index is 0.0419. The van der Waals surface area contributed by atoms with Crippen LogP contribution in [0.4, 0.5) is 0 Å². The quantitative estimate of drug-likeness (QED) is 0.759. The first-order valence-electron chi connectivity index (χ1n) is 7.20. The van der Waals surface area contributed by atoms with Crippen molar-refractivity contribution in [1.29, 1.82) is 0 Å². The average Bonchev–Trinajstić information content (AvgIpc) is 2.58. The number of ether oxygens (including phenoxy) is 2. The number of carbonyl (C=O) groups excluding carboxylic acids is 1. The second-order valence-electron chi connectivity index (χ2n) is 4.99. The van der Waals surface area contributed by atoms with Gasteiger partial charge in [-0.15, -0.1) is 0 Å². The van der Waals surface area contributed by atoms with Crippen molar-refractivity contribution in [3.8, 4) is 11.5 Å². The van der Waals surface area contributed by atoms with Gasteiger partial charge in [-0.1, -0.05) is 36.4 Å². The monoisotopic (exact) mass is 314 g/mol. The Balaban J connectivity index is 2.06. The van der Waals surface area contributed by atoms with Gasteiger partial charge in [-0.2, -0.15) is 0 Å². The molecule has 0 saturated carbocycles. The zero-order chi connectivity index (χ0) is 16.7. The molecule has 5 nitrogen and oxygen atoms in total. The van der Waals surface area contributed by atoms with Crippen LogP contribution in [0.3, 0.4) is 0 Å². The molecule has 1 N–H and O–H groups in total. The fourth-order valence-corrected chi connectivity index (χ4v) is 2.09. The van der Waals surface area contributed by atoms with Gasteiger partial charge in [0.05, 0.1) is 7.11 Å². The van der Waals surface area contributed by atoms with Gasteiger partial charge in [0.25, 0.3) is 0 Å². The lowest BCUT2D eigenvalue weighted by atomic mass is 10.1. The highest BCUT2D eigenvalue weighted by Crippen LogP contribution is 2.29. The Labute approximate surface area is 134 Å². The Kier molecular flexibility index (Phi) is 5.74. The molecule has 23 heavy (non-hydrogen) atoms. The summed E-state index contributed by atoms with van der Waals surface area (Å²) in [6.45, 7) is 0.398. The lowest BCUT2D eigenvalue weighted by Crippen LogP contribution is -2.12. The van der Waals surface area contributed by atoms with Crippen molar-refractivity contribution in [2.45, 2.75) is 19.4 Å². The van der Waals surface area contributed by atoms with E-state index < -0.39 is 11.8 Å². The normalized spacial score (nSPS) is 10.1. The summed E-state index contributed by atoms with van der Waals surface area (Å²) in [4.78, 5) is 21.7. The highest BCUT2D eigenvalue weighted by Gasteiger charge is 2.12. The summed E-state index contributed by atoms with van der Waals surface area (Å²) < 4.78 is 11.0. The average molecular weight is 314 g/mol. The topological polar surface area (TPSA) is 72.8 Å². The van der Waals surface area contributed by atoms with Crippen molar-refractivity contribution in [3.05, 3.63) is 59.7 Å². The predicted molar refractivity (Wildman–Crippen MR) is 84.7 cm³/mol. The number of benzene rings is 2. The van der Waals surface area contributed by atoms with Crippen LogP contribution in [-0.2, 0) is 22.6 Å². The van der Waals surface area contributed by atoms with Crippen LogP contribution in [-0.4, -0.2) is 24.0 Å². The van der Waals surface area contributed by atoms with Crippen molar-refractivity contribution >= 4 is 11.8 Å². The molecule has 0 heterocycles. The first kappa shape index (κ1) is 16.5. The molecule has 2 aromatic carbocycles. The fraction of sp³-hybridized carbons (Fsp3) is 0.222. The molecule has 0 amide bonds. The number of Topliss-reactive ketones (excluding diaryl/α,β-unsaturated/α-hetero) is 1. The van der Waals surface area contributed by atoms with Crippen molar-refractivity contribution in [2.24, 2.45) is 0 Å². The summed E-state index contributed by atoms with van der Waals surface area (Å²) in [5.74, 6) is -1.04. The van der Waals surface area contributed by atoms with Gasteiger partial charge in [0.15, 0.2) is 11.5 Å². The van der Waals surface area contributed by atoms with Crippen LogP contribution in [0.15, 0.2) is 48.5 Å². The van der Waals surface area contributed by atoms with Crippen LogP contribution in [0.25, 0.3) is 0 Å². The molecule has 2 rings (SSSR count). The summed E-state index contributed by atoms with van der Waals surface area (Å²) >= 11 is 0. The molecule has 0 atom stereocenters. The predicted octanol–water partition coefficient (Wildman–Crippen LogP) is 2.86. The summed E-state index contributed by atoms with van der Waals surface area (Å²) in [6, 6.07) is 15.0. The molecule has 0 bridgehead atoms. The van der Waals surface area contributed by atoms with E-state index in [9.17, 15) is 9.59 Å². The van der Waals surface area contributed by atoms with Gasteiger partial charge in [0, 0.05) is 6.42 Å². The second-order valence-corrected chi connectivity index (χ2v) is 4.99. The number of carbonyl (C=O) groups is 2. The first-order valence-corrected chi connectivity index (χ1v) is 7.20. The van der Waals surface area contributed by atoms with Gasteiger partial charge in [0.2, 0.25) is 5.78 Å².